The zero-order valence-corrected chi connectivity index (χ0v) is 9.92. The Hall–Kier alpha value is -1.08. The third-order valence-corrected chi connectivity index (χ3v) is 2.43. The molecule has 0 aliphatic heterocycles. The minimum Gasteiger partial charge on any atom is -0.394 e. The Labute approximate surface area is 101 Å². The van der Waals surface area contributed by atoms with E-state index in [1.54, 1.807) is 6.92 Å². The molecule has 0 radical (unpaired) electrons. The highest BCUT2D eigenvalue weighted by Gasteiger charge is 2.34. The molecule has 1 rings (SSSR count). The Kier molecular flexibility index (Phi) is 4.16. The lowest BCUT2D eigenvalue weighted by molar-refractivity contribution is -0.141. The Balaban J connectivity index is 3.14. The lowest BCUT2D eigenvalue weighted by Gasteiger charge is -2.24. The zero-order valence-electron chi connectivity index (χ0n) is 9.16. The summed E-state index contributed by atoms with van der Waals surface area (Å²) < 4.78 is 37.4. The van der Waals surface area contributed by atoms with Crippen molar-refractivity contribution in [3.8, 4) is 0 Å². The fourth-order valence-electron chi connectivity index (χ4n) is 1.08. The molecule has 96 valence electrons. The molecular weight excluding hydrogens is 259 g/mol. The maximum Gasteiger partial charge on any atom is 0.433 e. The van der Waals surface area contributed by atoms with E-state index in [9.17, 15) is 13.2 Å². The summed E-state index contributed by atoms with van der Waals surface area (Å²) in [6.45, 7) is 1.43. The summed E-state index contributed by atoms with van der Waals surface area (Å²) in [5, 5.41) is 8.44. The number of nitrogens with zero attached hydrogens (tertiary/aromatic N) is 3. The van der Waals surface area contributed by atoms with Crippen molar-refractivity contribution >= 4 is 17.4 Å². The minimum atomic E-state index is -4.58. The van der Waals surface area contributed by atoms with Crippen molar-refractivity contribution in [2.45, 2.75) is 19.1 Å². The van der Waals surface area contributed by atoms with Gasteiger partial charge in [-0.3, -0.25) is 0 Å². The predicted molar refractivity (Wildman–Crippen MR) is 57.0 cm³/mol. The molecule has 0 amide bonds. The fraction of sp³-hybridized carbons (Fsp3) is 0.556. The Morgan fingerprint density at radius 1 is 1.47 bits per heavy atom. The highest BCUT2D eigenvalue weighted by atomic mass is 35.5. The van der Waals surface area contributed by atoms with Crippen LogP contribution < -0.4 is 4.90 Å². The number of rotatable bonds is 3. The van der Waals surface area contributed by atoms with E-state index < -0.39 is 17.2 Å². The van der Waals surface area contributed by atoms with E-state index in [0.717, 1.165) is 6.07 Å². The van der Waals surface area contributed by atoms with Crippen LogP contribution in [0.1, 0.15) is 12.6 Å². The van der Waals surface area contributed by atoms with Gasteiger partial charge < -0.3 is 10.0 Å². The van der Waals surface area contributed by atoms with Gasteiger partial charge in [-0.25, -0.2) is 9.97 Å². The molecule has 0 fully saturated rings. The average Bonchev–Trinajstić information content (AvgIpc) is 2.25. The average molecular weight is 270 g/mol. The van der Waals surface area contributed by atoms with Crippen LogP contribution in [-0.2, 0) is 6.18 Å². The molecule has 0 saturated heterocycles. The van der Waals surface area contributed by atoms with Crippen molar-refractivity contribution in [3.05, 3.63) is 17.0 Å². The largest absolute Gasteiger partial charge is 0.433 e. The molecule has 0 aromatic carbocycles. The summed E-state index contributed by atoms with van der Waals surface area (Å²) in [5.41, 5.74) is -1.11. The number of anilines is 1. The van der Waals surface area contributed by atoms with Crippen LogP contribution in [0.5, 0.6) is 0 Å². The summed E-state index contributed by atoms with van der Waals surface area (Å²) in [4.78, 5) is 8.19. The van der Waals surface area contributed by atoms with Gasteiger partial charge in [-0.15, -0.1) is 0 Å². The second kappa shape index (κ2) is 5.05. The molecule has 0 bridgehead atoms. The Morgan fingerprint density at radius 3 is 2.53 bits per heavy atom. The number of aromatic nitrogens is 2. The second-order valence-electron chi connectivity index (χ2n) is 3.52. The van der Waals surface area contributed by atoms with Crippen molar-refractivity contribution in [1.29, 1.82) is 0 Å². The van der Waals surface area contributed by atoms with E-state index in [4.69, 9.17) is 16.7 Å². The van der Waals surface area contributed by atoms with E-state index in [1.807, 2.05) is 0 Å². The molecule has 0 saturated carbocycles. The van der Waals surface area contributed by atoms with Gasteiger partial charge in [-0.2, -0.15) is 13.2 Å². The van der Waals surface area contributed by atoms with Crippen molar-refractivity contribution in [1.82, 2.24) is 9.97 Å². The second-order valence-corrected chi connectivity index (χ2v) is 3.86. The number of hydrogen-bond acceptors (Lipinski definition) is 4. The number of hydrogen-bond donors (Lipinski definition) is 1. The van der Waals surface area contributed by atoms with Crippen LogP contribution in [0.2, 0.25) is 5.28 Å². The molecule has 0 aliphatic rings. The van der Waals surface area contributed by atoms with E-state index in [0.29, 0.717) is 0 Å². The van der Waals surface area contributed by atoms with Crippen LogP contribution in [0.25, 0.3) is 0 Å². The van der Waals surface area contributed by atoms with E-state index in [-0.39, 0.29) is 18.5 Å². The lowest BCUT2D eigenvalue weighted by atomic mass is 10.3. The topological polar surface area (TPSA) is 49.2 Å². The summed E-state index contributed by atoms with van der Waals surface area (Å²) in [6.07, 6.45) is -4.58. The van der Waals surface area contributed by atoms with Crippen LogP contribution in [-0.4, -0.2) is 34.8 Å². The van der Waals surface area contributed by atoms with E-state index >= 15 is 0 Å². The van der Waals surface area contributed by atoms with Crippen molar-refractivity contribution in [3.63, 3.8) is 0 Å². The van der Waals surface area contributed by atoms with Gasteiger partial charge in [0, 0.05) is 13.1 Å². The molecule has 1 aromatic heterocycles. The molecule has 17 heavy (non-hydrogen) atoms. The van der Waals surface area contributed by atoms with Gasteiger partial charge in [0.1, 0.15) is 5.82 Å². The Morgan fingerprint density at radius 2 is 2.06 bits per heavy atom. The number of halogens is 4. The quantitative estimate of drug-likeness (QED) is 0.853. The minimum absolute atomic E-state index is 0.0128. The molecule has 1 atom stereocenters. The van der Waals surface area contributed by atoms with E-state index in [2.05, 4.69) is 9.97 Å². The maximum atomic E-state index is 12.5. The van der Waals surface area contributed by atoms with Gasteiger partial charge in [-0.1, -0.05) is 0 Å². The maximum absolute atomic E-state index is 12.5. The number of aliphatic hydroxyl groups is 1. The molecular formula is C9H11ClF3N3O. The molecule has 0 spiro atoms. The first-order chi connectivity index (χ1) is 7.75. The van der Waals surface area contributed by atoms with Crippen molar-refractivity contribution < 1.29 is 18.3 Å². The number of alkyl halides is 3. The van der Waals surface area contributed by atoms with Gasteiger partial charge in [-0.05, 0) is 18.5 Å². The summed E-state index contributed by atoms with van der Waals surface area (Å²) in [7, 11) is 1.51. The Bertz CT molecular complexity index is 400. The molecule has 1 unspecified atom stereocenters. The predicted octanol–water partition coefficient (Wildman–Crippen LogP) is 1.97. The highest BCUT2D eigenvalue weighted by Crippen LogP contribution is 2.30. The van der Waals surface area contributed by atoms with Crippen LogP contribution >= 0.6 is 11.6 Å². The number of likely N-dealkylation sites (N-methyl/N-ethyl adjacent to an activating group) is 1. The molecule has 0 aliphatic carbocycles. The third kappa shape index (κ3) is 3.44. The van der Waals surface area contributed by atoms with Crippen LogP contribution in [0, 0.1) is 0 Å². The first-order valence-corrected chi connectivity index (χ1v) is 5.09. The van der Waals surface area contributed by atoms with Gasteiger partial charge in [0.2, 0.25) is 5.28 Å². The smallest absolute Gasteiger partial charge is 0.394 e. The highest BCUT2D eigenvalue weighted by molar-refractivity contribution is 6.28. The SMILES string of the molecule is CC(CO)N(C)c1cc(C(F)(F)F)nc(Cl)n1. The first kappa shape index (κ1) is 14.0. The lowest BCUT2D eigenvalue weighted by Crippen LogP contribution is -2.32. The zero-order chi connectivity index (χ0) is 13.2. The number of aliphatic hydroxyl groups excluding tert-OH is 1. The summed E-state index contributed by atoms with van der Waals surface area (Å²) >= 11 is 5.44. The fourth-order valence-corrected chi connectivity index (χ4v) is 1.26. The normalized spacial score (nSPS) is 13.6. The molecule has 1 heterocycles. The molecule has 1 N–H and O–H groups in total. The van der Waals surface area contributed by atoms with Gasteiger partial charge in [0.05, 0.1) is 12.6 Å². The van der Waals surface area contributed by atoms with Gasteiger partial charge in [0.25, 0.3) is 0 Å². The van der Waals surface area contributed by atoms with Gasteiger partial charge in [0.15, 0.2) is 5.69 Å². The molecule has 4 nitrogen and oxygen atoms in total. The van der Waals surface area contributed by atoms with Crippen molar-refractivity contribution in [2.24, 2.45) is 0 Å². The first-order valence-electron chi connectivity index (χ1n) is 4.71. The van der Waals surface area contributed by atoms with Gasteiger partial charge >= 0.3 is 6.18 Å². The molecule has 8 heteroatoms. The van der Waals surface area contributed by atoms with Crippen molar-refractivity contribution in [2.75, 3.05) is 18.6 Å². The molecule has 1 aromatic rings. The van der Waals surface area contributed by atoms with Crippen LogP contribution in [0.15, 0.2) is 6.07 Å². The third-order valence-electron chi connectivity index (χ3n) is 2.26. The van der Waals surface area contributed by atoms with Crippen LogP contribution in [0.3, 0.4) is 0 Å². The summed E-state index contributed by atoms with van der Waals surface area (Å²) in [5.74, 6) is 0.0128. The monoisotopic (exact) mass is 269 g/mol. The van der Waals surface area contributed by atoms with E-state index in [1.165, 1.54) is 11.9 Å². The summed E-state index contributed by atoms with van der Waals surface area (Å²) in [6, 6.07) is 0.417. The van der Waals surface area contributed by atoms with Crippen LogP contribution in [0.4, 0.5) is 19.0 Å². The standard InChI is InChI=1S/C9H11ClF3N3O/c1-5(4-17)16(2)7-3-6(9(11,12)13)14-8(10)15-7/h3,5,17H,4H2,1-2H3.